The fraction of sp³-hybridized carbons (Fsp3) is 0.0879. The molecule has 141 heavy (non-hydrogen) atoms. The zero-order valence-electron chi connectivity index (χ0n) is 72.1. The number of aromatic amines is 3. The summed E-state index contributed by atoms with van der Waals surface area (Å²) in [5.41, 5.74) is -3.39. The number of aromatic nitrogens is 11. The largest absolute Gasteiger partial charge is 0.477 e. The summed E-state index contributed by atoms with van der Waals surface area (Å²) in [7, 11) is -8.48. The Bertz CT molecular complexity index is 9140. The van der Waals surface area contributed by atoms with Crippen molar-refractivity contribution in [1.82, 2.24) is 66.2 Å². The van der Waals surface area contributed by atoms with Gasteiger partial charge in [0, 0.05) is 68.7 Å². The van der Waals surface area contributed by atoms with Gasteiger partial charge in [-0.25, -0.2) is 81.6 Å². The van der Waals surface area contributed by atoms with Gasteiger partial charge in [-0.2, -0.15) is 24.5 Å². The van der Waals surface area contributed by atoms with Crippen LogP contribution >= 0.6 is 96.3 Å². The molecule has 11 aromatic heterocycles. The van der Waals surface area contributed by atoms with Crippen molar-refractivity contribution in [2.24, 2.45) is 21.1 Å². The number of sulfonamides is 3. The second-order valence-corrected chi connectivity index (χ2v) is 42.9. The second-order valence-electron chi connectivity index (χ2n) is 31.1. The number of hydrogen-bond donors (Lipinski definition) is 7. The second kappa shape index (κ2) is 37.5. The van der Waals surface area contributed by atoms with E-state index in [0.29, 0.717) is 85.2 Å². The summed E-state index contributed by atoms with van der Waals surface area (Å²) in [6, 6.07) is 45.6. The Labute approximate surface area is 827 Å². The third kappa shape index (κ3) is 18.1. The zero-order valence-corrected chi connectivity index (χ0v) is 81.6. The number of rotatable bonds is 16. The fourth-order valence-electron chi connectivity index (χ4n) is 16.3. The molecular weight excluding hydrogens is 2110 g/mol. The van der Waals surface area contributed by atoms with Gasteiger partial charge in [0.2, 0.25) is 5.91 Å². The first-order chi connectivity index (χ1) is 66.7. The van der Waals surface area contributed by atoms with Crippen LogP contribution in [-0.2, 0) is 75.1 Å². The van der Waals surface area contributed by atoms with E-state index in [2.05, 4.69) is 36.0 Å². The van der Waals surface area contributed by atoms with Gasteiger partial charge in [0.15, 0.2) is 5.69 Å². The van der Waals surface area contributed by atoms with Crippen LogP contribution in [0.4, 0.5) is 23.2 Å². The third-order valence-electron chi connectivity index (χ3n) is 22.6. The van der Waals surface area contributed by atoms with Gasteiger partial charge >= 0.3 is 29.2 Å². The van der Waals surface area contributed by atoms with E-state index < -0.39 is 133 Å². The Morgan fingerprint density at radius 1 is 0.496 bits per heavy atom. The number of H-pyrrole nitrogens is 3. The van der Waals surface area contributed by atoms with Crippen LogP contribution in [0, 0.1) is 19.7 Å². The molecule has 0 fully saturated rings. The molecular formula is C91H60BrCl4F4N15O20S6. The number of fused-ring (bicyclic) bond motifs is 8. The van der Waals surface area contributed by atoms with Crippen LogP contribution in [0.3, 0.4) is 0 Å². The average molecular weight is 2170 g/mol. The number of nitrogens with one attached hydrogen (secondary N) is 6. The number of amides is 5. The van der Waals surface area contributed by atoms with E-state index >= 15 is 0 Å². The van der Waals surface area contributed by atoms with Crippen molar-refractivity contribution >= 4 is 244 Å². The molecule has 12 heterocycles. The molecule has 0 unspecified atom stereocenters. The average Bonchev–Trinajstić information content (AvgIpc) is 1.59. The van der Waals surface area contributed by atoms with Crippen molar-refractivity contribution < 1.29 is 81.2 Å². The smallest absolute Gasteiger partial charge is 0.416 e. The monoisotopic (exact) mass is 2170 g/mol. The molecule has 0 spiro atoms. The number of carbonyl (C=O) groups excluding carboxylic acids is 5. The van der Waals surface area contributed by atoms with Crippen molar-refractivity contribution in [2.75, 3.05) is 4.90 Å². The summed E-state index contributed by atoms with van der Waals surface area (Å²) in [4.78, 5) is 167. The van der Waals surface area contributed by atoms with Crippen molar-refractivity contribution in [3.8, 4) is 17.1 Å². The summed E-state index contributed by atoms with van der Waals surface area (Å²) >= 11 is 30.5. The van der Waals surface area contributed by atoms with Crippen LogP contribution in [0.2, 0.25) is 19.4 Å². The number of carboxylic acid groups (broad SMARTS) is 1. The van der Waals surface area contributed by atoms with Crippen molar-refractivity contribution in [3.63, 3.8) is 0 Å². The number of aryl methyl sites for hydroxylation is 5. The number of para-hydroxylation sites is 3. The van der Waals surface area contributed by atoms with E-state index in [1.807, 2.05) is 14.2 Å². The molecule has 0 radical (unpaired) electrons. The Balaban J connectivity index is 0.000000130. The van der Waals surface area contributed by atoms with Crippen molar-refractivity contribution in [2.45, 2.75) is 46.3 Å². The molecule has 0 bridgehead atoms. The van der Waals surface area contributed by atoms with Gasteiger partial charge in [0.05, 0.1) is 120 Å². The summed E-state index contributed by atoms with van der Waals surface area (Å²) < 4.78 is 151. The maximum atomic E-state index is 13.6. The van der Waals surface area contributed by atoms with Gasteiger partial charge in [-0.1, -0.05) is 94.0 Å². The van der Waals surface area contributed by atoms with Crippen LogP contribution in [0.5, 0.6) is 0 Å². The highest BCUT2D eigenvalue weighted by atomic mass is 79.9. The molecule has 0 saturated heterocycles. The number of carbonyl (C=O) groups is 6. The summed E-state index contributed by atoms with van der Waals surface area (Å²) in [6.07, 6.45) is -4.91. The molecule has 0 aliphatic carbocycles. The molecule has 20 rings (SSSR count). The van der Waals surface area contributed by atoms with Crippen LogP contribution in [0.25, 0.3) is 93.4 Å². The molecule has 718 valence electrons. The quantitative estimate of drug-likeness (QED) is 0.0349. The lowest BCUT2D eigenvalue weighted by atomic mass is 10.0. The van der Waals surface area contributed by atoms with E-state index in [4.69, 9.17) is 50.9 Å². The number of benzene rings is 8. The number of aromatic carboxylic acids is 1. The Hall–Kier alpha value is -14.7. The van der Waals surface area contributed by atoms with Crippen LogP contribution in [0.1, 0.15) is 80.5 Å². The number of nitrogens with zero attached hydrogens (tertiary/aromatic N) is 9. The van der Waals surface area contributed by atoms with Gasteiger partial charge in [0.1, 0.15) is 37.1 Å². The number of alkyl halides is 3. The number of thiophene rings is 3. The molecule has 19 aromatic rings. The number of anilines is 1. The number of carboxylic acids is 1. The highest BCUT2D eigenvalue weighted by molar-refractivity contribution is 9.11. The van der Waals surface area contributed by atoms with E-state index in [-0.39, 0.29) is 103 Å². The predicted octanol–water partition coefficient (Wildman–Crippen LogP) is 15.3. The van der Waals surface area contributed by atoms with E-state index in [9.17, 15) is 105 Å². The Kier molecular flexibility index (Phi) is 26.0. The Morgan fingerprint density at radius 3 is 1.33 bits per heavy atom. The van der Waals surface area contributed by atoms with Gasteiger partial charge in [-0.15, -0.1) is 22.7 Å². The first-order valence-electron chi connectivity index (χ1n) is 40.6. The van der Waals surface area contributed by atoms with Crippen LogP contribution < -0.4 is 52.8 Å². The molecule has 0 saturated carbocycles. The summed E-state index contributed by atoms with van der Waals surface area (Å²) in [5, 5.41) is 19.4. The summed E-state index contributed by atoms with van der Waals surface area (Å²) in [5.74, 6) is -6.61. The Morgan fingerprint density at radius 2 is 0.922 bits per heavy atom. The SMILES string of the molecule is Cc1noc(C)c1Cn1c(C(=O)O)c(N2C(=O)Cc3cscc3C2=O)c2cc(C(F)(F)F)ccc21.Cn1c(C(=O)NS(=O)(=O)c2ccc(Br)s2)c(-n2c(=O)[nH]c3ccccc3c2=O)c2cc(Cl)ccc21.Cn1c(C(=O)NS(=O)(=O)c2ccc(Cl)s2)c(-n2c(=O)[nH]c3ccccc3c2=O)c2cc(Cl)ccc21.Cn1c(C(=O)NS(=O)(=O)c2cccc(F)c2)c(-n2c(=O)[nH]c3ccccc3c2=O)c2cc(Cl)ccc21. The molecule has 7 N–H and O–H groups in total. The van der Waals surface area contributed by atoms with E-state index in [0.717, 1.165) is 72.8 Å². The third-order valence-corrected chi connectivity index (χ3v) is 31.9. The minimum atomic E-state index is -4.73. The van der Waals surface area contributed by atoms with Crippen LogP contribution in [-0.4, -0.2) is 118 Å². The predicted molar refractivity (Wildman–Crippen MR) is 525 cm³/mol. The number of imide groups is 1. The topological polar surface area (TPSA) is 475 Å². The lowest BCUT2D eigenvalue weighted by Gasteiger charge is -2.25. The molecule has 1 aliphatic heterocycles. The van der Waals surface area contributed by atoms with Crippen molar-refractivity contribution in [3.05, 3.63) is 353 Å². The number of hydrogen-bond acceptors (Lipinski definition) is 23. The van der Waals surface area contributed by atoms with E-state index in [1.165, 1.54) is 111 Å². The van der Waals surface area contributed by atoms with Crippen molar-refractivity contribution in [1.29, 1.82) is 0 Å². The lowest BCUT2D eigenvalue weighted by Crippen LogP contribution is -2.42. The minimum Gasteiger partial charge on any atom is -0.477 e. The number of halogens is 9. The van der Waals surface area contributed by atoms with Gasteiger partial charge < -0.3 is 42.8 Å². The standard InChI is InChI=1S/C24H16ClFN4O5S.C23H16F3N3O5S.C22H14BrClN4O5S2.C22H14Cl2N4O5S2/c1-29-19-10-9-13(25)11-17(19)20(30-23(32)16-7-2-3-8-18(16)27-24(30)33)21(29)22(31)28-36(34,35)15-6-4-5-14(26)12-15;1-10-15(11(2)34-27-10)7-28-17-4-3-13(23(24,25)26)6-14(17)19(20(28)22(32)33)29-18(30)5-12-8-35-9-16(12)21(29)31;1-27-15-7-6-11(24)10-13(15)18(28-21(30)12-4-2-3-5-14(12)25-22(28)31)19(27)20(29)26-35(32,33)17-9-8-16(23)34-17;1-27-15-7-6-11(23)10-13(15)18(28-21(30)12-4-2-3-5-14(12)25-22(28)31)19(27)20(29)26-35(32,33)17-9-8-16(24)34-17/h2-12H,1H3,(H,27,33)(H,28,31);3-4,6,8-9H,5,7H2,1-2H3,(H,32,33);2*2-10H,1H3,(H,25,31)(H,26,29). The molecule has 35 nitrogen and oxygen atoms in total. The highest BCUT2D eigenvalue weighted by Crippen LogP contribution is 2.44. The summed E-state index contributed by atoms with van der Waals surface area (Å²) in [6.45, 7) is 3.17. The maximum absolute atomic E-state index is 13.6. The van der Waals surface area contributed by atoms with Gasteiger partial charge in [0.25, 0.3) is 70.4 Å². The lowest BCUT2D eigenvalue weighted by molar-refractivity contribution is -0.137. The van der Waals surface area contributed by atoms with Crippen LogP contribution in [0.15, 0.2) is 255 Å². The van der Waals surface area contributed by atoms with E-state index in [1.54, 1.807) is 122 Å². The normalized spacial score (nSPS) is 12.4. The first kappa shape index (κ1) is 97.9. The van der Waals surface area contributed by atoms with Gasteiger partial charge in [-0.3, -0.25) is 38.4 Å². The molecule has 8 aromatic carbocycles. The highest BCUT2D eigenvalue weighted by Gasteiger charge is 2.42. The molecule has 5 amide bonds. The molecule has 50 heteroatoms. The minimum absolute atomic E-state index is 0.0814. The molecule has 1 aliphatic rings. The maximum Gasteiger partial charge on any atom is 0.416 e. The zero-order chi connectivity index (χ0) is 101. The fourth-order valence-corrected chi connectivity index (χ4v) is 24.0. The first-order valence-corrected chi connectivity index (χ1v) is 49.9. The molecule has 0 atom stereocenters. The van der Waals surface area contributed by atoms with Gasteiger partial charge in [-0.05, 0) is 192 Å².